The number of aryl methyl sites for hydroxylation is 1. The molecule has 1 aliphatic carbocycles. The van der Waals surface area contributed by atoms with Gasteiger partial charge >= 0.3 is 6.18 Å². The van der Waals surface area contributed by atoms with Crippen LogP contribution in [0.2, 0.25) is 0 Å². The predicted octanol–water partition coefficient (Wildman–Crippen LogP) is 5.85. The Hall–Kier alpha value is -4.09. The van der Waals surface area contributed by atoms with Crippen molar-refractivity contribution in [1.29, 1.82) is 0 Å². The standard InChI is InChI=1S/C29H26F4N6O/c1-39-15-35-38-28(39)21-13-19(30)8-9-20(21)17-4-2-5-18(12-17)27-36-24-11-16(14-34-23-6-3-7-25(23)40)10-22(26(24)37-27)29(31,32)33/h2,4-5,8-13,15,23,25,34,40H,3,6-7,14H2,1H3,(H,36,37)/t23-,25+/m1/s1. The number of halogens is 4. The Bertz CT molecular complexity index is 1690. The normalized spacial score (nSPS) is 17.6. The molecule has 2 heterocycles. The van der Waals surface area contributed by atoms with Crippen molar-refractivity contribution in [3.05, 3.63) is 77.9 Å². The summed E-state index contributed by atoms with van der Waals surface area (Å²) in [5.41, 5.74) is 2.24. The second-order valence-electron chi connectivity index (χ2n) is 10.1. The van der Waals surface area contributed by atoms with Crippen LogP contribution in [-0.4, -0.2) is 42.0 Å². The van der Waals surface area contributed by atoms with Gasteiger partial charge in [0.2, 0.25) is 0 Å². The van der Waals surface area contributed by atoms with Gasteiger partial charge in [0.05, 0.1) is 22.7 Å². The summed E-state index contributed by atoms with van der Waals surface area (Å²) in [5.74, 6) is 0.327. The lowest BCUT2D eigenvalue weighted by molar-refractivity contribution is -0.136. The van der Waals surface area contributed by atoms with Crippen LogP contribution < -0.4 is 5.32 Å². The molecule has 0 aliphatic heterocycles. The molecule has 0 saturated heterocycles. The maximum absolute atomic E-state index is 14.2. The third kappa shape index (κ3) is 4.98. The van der Waals surface area contributed by atoms with E-state index in [1.807, 2.05) is 6.07 Å². The van der Waals surface area contributed by atoms with Crippen LogP contribution in [-0.2, 0) is 19.8 Å². The van der Waals surface area contributed by atoms with Crippen LogP contribution in [0.3, 0.4) is 0 Å². The van der Waals surface area contributed by atoms with Crippen LogP contribution in [0.1, 0.15) is 30.4 Å². The van der Waals surface area contributed by atoms with Gasteiger partial charge in [-0.25, -0.2) is 9.37 Å². The molecular formula is C29H26F4N6O. The van der Waals surface area contributed by atoms with Crippen LogP contribution in [0.15, 0.2) is 60.9 Å². The maximum Gasteiger partial charge on any atom is 0.418 e. The molecule has 0 unspecified atom stereocenters. The number of benzene rings is 3. The van der Waals surface area contributed by atoms with Crippen molar-refractivity contribution in [2.75, 3.05) is 0 Å². The van der Waals surface area contributed by atoms with E-state index in [-0.39, 0.29) is 29.4 Å². The summed E-state index contributed by atoms with van der Waals surface area (Å²) in [6.07, 6.45) is -1.22. The molecular weight excluding hydrogens is 524 g/mol. The minimum atomic E-state index is -4.59. The first kappa shape index (κ1) is 26.1. The van der Waals surface area contributed by atoms with Crippen molar-refractivity contribution in [3.8, 4) is 33.9 Å². The Morgan fingerprint density at radius 2 is 1.88 bits per heavy atom. The number of hydrogen-bond donors (Lipinski definition) is 3. The number of aliphatic hydroxyl groups is 1. The Morgan fingerprint density at radius 3 is 2.60 bits per heavy atom. The number of hydrogen-bond acceptors (Lipinski definition) is 5. The van der Waals surface area contributed by atoms with Crippen molar-refractivity contribution in [2.24, 2.45) is 7.05 Å². The fourth-order valence-electron chi connectivity index (χ4n) is 5.38. The van der Waals surface area contributed by atoms with Gasteiger partial charge in [0, 0.05) is 30.8 Å². The van der Waals surface area contributed by atoms with Gasteiger partial charge in [-0.05, 0) is 66.3 Å². The molecule has 3 aromatic carbocycles. The molecule has 0 spiro atoms. The van der Waals surface area contributed by atoms with Crippen molar-refractivity contribution in [1.82, 2.24) is 30.0 Å². The van der Waals surface area contributed by atoms with Gasteiger partial charge in [0.25, 0.3) is 0 Å². The van der Waals surface area contributed by atoms with E-state index in [9.17, 15) is 22.7 Å². The third-order valence-electron chi connectivity index (χ3n) is 7.39. The van der Waals surface area contributed by atoms with Gasteiger partial charge in [0.15, 0.2) is 5.82 Å². The average molecular weight is 551 g/mol. The van der Waals surface area contributed by atoms with E-state index in [0.717, 1.165) is 18.9 Å². The van der Waals surface area contributed by atoms with E-state index >= 15 is 0 Å². The number of aliphatic hydroxyl groups excluding tert-OH is 1. The maximum atomic E-state index is 14.2. The van der Waals surface area contributed by atoms with E-state index in [1.54, 1.807) is 41.9 Å². The summed E-state index contributed by atoms with van der Waals surface area (Å²) in [5, 5.41) is 21.3. The highest BCUT2D eigenvalue weighted by Crippen LogP contribution is 2.37. The fraction of sp³-hybridized carbons (Fsp3) is 0.276. The summed E-state index contributed by atoms with van der Waals surface area (Å²) in [6.45, 7) is 0.188. The molecule has 0 radical (unpaired) electrons. The number of nitrogens with one attached hydrogen (secondary N) is 2. The summed E-state index contributed by atoms with van der Waals surface area (Å²) in [6, 6.07) is 14.1. The summed E-state index contributed by atoms with van der Waals surface area (Å²) >= 11 is 0. The highest BCUT2D eigenvalue weighted by Gasteiger charge is 2.34. The van der Waals surface area contributed by atoms with Crippen LogP contribution in [0.5, 0.6) is 0 Å². The van der Waals surface area contributed by atoms with Gasteiger partial charge < -0.3 is 20.0 Å². The molecule has 0 bridgehead atoms. The number of aromatic amines is 1. The number of nitrogens with zero attached hydrogens (tertiary/aromatic N) is 4. The first-order chi connectivity index (χ1) is 19.2. The largest absolute Gasteiger partial charge is 0.418 e. The monoisotopic (exact) mass is 550 g/mol. The lowest BCUT2D eigenvalue weighted by atomic mass is 9.97. The van der Waals surface area contributed by atoms with Crippen LogP contribution >= 0.6 is 0 Å². The van der Waals surface area contributed by atoms with E-state index in [2.05, 4.69) is 25.5 Å². The lowest BCUT2D eigenvalue weighted by Crippen LogP contribution is -2.35. The number of fused-ring (bicyclic) bond motifs is 1. The van der Waals surface area contributed by atoms with Crippen LogP contribution in [0.25, 0.3) is 44.9 Å². The second kappa shape index (κ2) is 10.1. The minimum absolute atomic E-state index is 0.0980. The molecule has 206 valence electrons. The molecule has 2 atom stereocenters. The van der Waals surface area contributed by atoms with Crippen molar-refractivity contribution >= 4 is 11.0 Å². The molecule has 1 saturated carbocycles. The smallest absolute Gasteiger partial charge is 0.392 e. The fourth-order valence-corrected chi connectivity index (χ4v) is 5.38. The molecule has 6 rings (SSSR count). The first-order valence-electron chi connectivity index (χ1n) is 12.9. The summed E-state index contributed by atoms with van der Waals surface area (Å²) in [4.78, 5) is 7.41. The van der Waals surface area contributed by atoms with Gasteiger partial charge in [-0.3, -0.25) is 0 Å². The van der Waals surface area contributed by atoms with Gasteiger partial charge in [-0.15, -0.1) is 10.2 Å². The van der Waals surface area contributed by atoms with Gasteiger partial charge in [-0.1, -0.05) is 24.3 Å². The number of rotatable bonds is 6. The highest BCUT2D eigenvalue weighted by molar-refractivity contribution is 5.86. The van der Waals surface area contributed by atoms with Crippen LogP contribution in [0, 0.1) is 5.82 Å². The Balaban J connectivity index is 1.39. The highest BCUT2D eigenvalue weighted by atomic mass is 19.4. The van der Waals surface area contributed by atoms with E-state index in [0.29, 0.717) is 40.1 Å². The van der Waals surface area contributed by atoms with Crippen molar-refractivity contribution in [2.45, 2.75) is 44.1 Å². The molecule has 2 aromatic heterocycles. The van der Waals surface area contributed by atoms with Gasteiger partial charge in [0.1, 0.15) is 18.0 Å². The average Bonchev–Trinajstić information content (AvgIpc) is 3.66. The van der Waals surface area contributed by atoms with E-state index in [1.165, 1.54) is 18.5 Å². The summed E-state index contributed by atoms with van der Waals surface area (Å²) in [7, 11) is 1.76. The molecule has 11 heteroatoms. The number of aromatic nitrogens is 5. The summed E-state index contributed by atoms with van der Waals surface area (Å²) < 4.78 is 58.1. The molecule has 7 nitrogen and oxygen atoms in total. The molecule has 5 aromatic rings. The number of H-pyrrole nitrogens is 1. The lowest BCUT2D eigenvalue weighted by Gasteiger charge is -2.17. The number of imidazole rings is 1. The molecule has 0 amide bonds. The zero-order valence-electron chi connectivity index (χ0n) is 21.5. The second-order valence-corrected chi connectivity index (χ2v) is 10.1. The Labute approximate surface area is 226 Å². The number of alkyl halides is 3. The topological polar surface area (TPSA) is 91.7 Å². The zero-order valence-corrected chi connectivity index (χ0v) is 21.5. The van der Waals surface area contributed by atoms with Crippen molar-refractivity contribution in [3.63, 3.8) is 0 Å². The van der Waals surface area contributed by atoms with Crippen molar-refractivity contribution < 1.29 is 22.7 Å². The molecule has 3 N–H and O–H groups in total. The quantitative estimate of drug-likeness (QED) is 0.231. The minimum Gasteiger partial charge on any atom is -0.392 e. The molecule has 1 fully saturated rings. The Kier molecular flexibility index (Phi) is 6.63. The van der Waals surface area contributed by atoms with E-state index in [4.69, 9.17) is 0 Å². The first-order valence-corrected chi connectivity index (χ1v) is 12.9. The molecule has 1 aliphatic rings. The zero-order chi connectivity index (χ0) is 28.0. The van der Waals surface area contributed by atoms with E-state index < -0.39 is 23.7 Å². The molecule has 40 heavy (non-hydrogen) atoms. The SMILES string of the molecule is Cn1cnnc1-c1cc(F)ccc1-c1cccc(-c2nc3cc(CN[C@@H]4CCC[C@@H]4O)cc(C(F)(F)F)c3[nH]2)c1. The van der Waals surface area contributed by atoms with Crippen LogP contribution in [0.4, 0.5) is 17.6 Å². The van der Waals surface area contributed by atoms with Gasteiger partial charge in [-0.2, -0.15) is 13.2 Å². The predicted molar refractivity (Wildman–Crippen MR) is 142 cm³/mol. The third-order valence-corrected chi connectivity index (χ3v) is 7.39. The Morgan fingerprint density at radius 1 is 1.05 bits per heavy atom.